The maximum Gasteiger partial charge on any atom is 0.00412 e. The summed E-state index contributed by atoms with van der Waals surface area (Å²) in [6, 6.07) is 2.68. The molecular formula is C17H38N2. The van der Waals surface area contributed by atoms with E-state index >= 15 is 0 Å². The number of nitrogens with zero attached hydrogens (tertiary/aromatic N) is 2. The van der Waals surface area contributed by atoms with Crippen molar-refractivity contribution in [2.75, 3.05) is 13.1 Å². The smallest absolute Gasteiger partial charge is 0.00412 e. The van der Waals surface area contributed by atoms with E-state index in [9.17, 15) is 0 Å². The first-order valence-corrected chi connectivity index (χ1v) is 8.28. The molecule has 0 rings (SSSR count). The lowest BCUT2D eigenvalue weighted by molar-refractivity contribution is 0.159. The fraction of sp³-hybridized carbons (Fsp3) is 1.00. The molecule has 19 heavy (non-hydrogen) atoms. The third-order valence-corrected chi connectivity index (χ3v) is 3.99. The molecule has 0 aromatic rings. The van der Waals surface area contributed by atoms with Crippen molar-refractivity contribution in [3.8, 4) is 0 Å². The topological polar surface area (TPSA) is 6.48 Å². The lowest BCUT2D eigenvalue weighted by Crippen LogP contribution is -2.38. The van der Waals surface area contributed by atoms with Crippen LogP contribution < -0.4 is 0 Å². The highest BCUT2D eigenvalue weighted by molar-refractivity contribution is 4.69. The molecule has 0 aliphatic carbocycles. The quantitative estimate of drug-likeness (QED) is 0.543. The SMILES string of the molecule is CC(C)N(CCCCCN(C(C)C)C(C)C)C(C)C. The normalized spacial score (nSPS) is 12.9. The van der Waals surface area contributed by atoms with Crippen LogP contribution in [0.3, 0.4) is 0 Å². The highest BCUT2D eigenvalue weighted by Crippen LogP contribution is 2.10. The monoisotopic (exact) mass is 270 g/mol. The van der Waals surface area contributed by atoms with Crippen LogP contribution in [0.1, 0.15) is 74.7 Å². The molecule has 0 bridgehead atoms. The maximum absolute atomic E-state index is 2.60. The van der Waals surface area contributed by atoms with Crippen molar-refractivity contribution in [1.29, 1.82) is 0 Å². The van der Waals surface area contributed by atoms with Crippen molar-refractivity contribution >= 4 is 0 Å². The Hall–Kier alpha value is -0.0800. The zero-order valence-corrected chi connectivity index (χ0v) is 14.7. The number of hydrogen-bond acceptors (Lipinski definition) is 2. The molecule has 0 aliphatic heterocycles. The van der Waals surface area contributed by atoms with Crippen molar-refractivity contribution in [2.24, 2.45) is 0 Å². The van der Waals surface area contributed by atoms with Crippen LogP contribution in [0.25, 0.3) is 0 Å². The molecule has 0 unspecified atom stereocenters. The Morgan fingerprint density at radius 2 is 0.737 bits per heavy atom. The Morgan fingerprint density at radius 1 is 0.474 bits per heavy atom. The molecule has 2 heteroatoms. The summed E-state index contributed by atoms with van der Waals surface area (Å²) in [6.07, 6.45) is 4.02. The van der Waals surface area contributed by atoms with Crippen LogP contribution in [0.5, 0.6) is 0 Å². The minimum atomic E-state index is 0.669. The Kier molecular flexibility index (Phi) is 9.72. The molecule has 0 saturated carbocycles. The predicted molar refractivity (Wildman–Crippen MR) is 87.8 cm³/mol. The second-order valence-corrected chi connectivity index (χ2v) is 6.91. The van der Waals surface area contributed by atoms with Gasteiger partial charge in [-0.25, -0.2) is 0 Å². The molecule has 0 aliphatic rings. The minimum absolute atomic E-state index is 0.669. The van der Waals surface area contributed by atoms with Crippen molar-refractivity contribution in [2.45, 2.75) is 98.8 Å². The van der Waals surface area contributed by atoms with Gasteiger partial charge in [0, 0.05) is 24.2 Å². The predicted octanol–water partition coefficient (Wildman–Crippen LogP) is 4.39. The lowest BCUT2D eigenvalue weighted by atomic mass is 10.1. The largest absolute Gasteiger partial charge is 0.299 e. The van der Waals surface area contributed by atoms with Gasteiger partial charge in [-0.3, -0.25) is 9.80 Å². The van der Waals surface area contributed by atoms with Gasteiger partial charge in [0.2, 0.25) is 0 Å². The number of hydrogen-bond donors (Lipinski definition) is 0. The summed E-state index contributed by atoms with van der Waals surface area (Å²) in [5, 5.41) is 0. The van der Waals surface area contributed by atoms with Crippen molar-refractivity contribution < 1.29 is 0 Å². The van der Waals surface area contributed by atoms with Gasteiger partial charge in [-0.2, -0.15) is 0 Å². The summed E-state index contributed by atoms with van der Waals surface area (Å²) in [7, 11) is 0. The summed E-state index contributed by atoms with van der Waals surface area (Å²) in [5.41, 5.74) is 0. The van der Waals surface area contributed by atoms with E-state index in [0.717, 1.165) is 0 Å². The van der Waals surface area contributed by atoms with Gasteiger partial charge >= 0.3 is 0 Å². The third kappa shape index (κ3) is 7.94. The van der Waals surface area contributed by atoms with E-state index in [1.807, 2.05) is 0 Å². The second kappa shape index (κ2) is 9.77. The Bertz CT molecular complexity index is 171. The van der Waals surface area contributed by atoms with Crippen LogP contribution in [0.4, 0.5) is 0 Å². The standard InChI is InChI=1S/C17H38N2/c1-14(2)18(15(3)4)12-10-9-11-13-19(16(5)6)17(7)8/h14-17H,9-13H2,1-8H3. The van der Waals surface area contributed by atoms with Gasteiger partial charge in [0.05, 0.1) is 0 Å². The summed E-state index contributed by atoms with van der Waals surface area (Å²) in [4.78, 5) is 5.20. The van der Waals surface area contributed by atoms with Gasteiger partial charge in [0.1, 0.15) is 0 Å². The molecule has 116 valence electrons. The molecule has 0 radical (unpaired) electrons. The molecule has 0 heterocycles. The number of rotatable bonds is 10. The van der Waals surface area contributed by atoms with Crippen LogP contribution in [0.15, 0.2) is 0 Å². The van der Waals surface area contributed by atoms with Gasteiger partial charge in [0.15, 0.2) is 0 Å². The molecule has 0 atom stereocenters. The van der Waals surface area contributed by atoms with E-state index in [1.54, 1.807) is 0 Å². The van der Waals surface area contributed by atoms with E-state index in [2.05, 4.69) is 65.2 Å². The third-order valence-electron chi connectivity index (χ3n) is 3.99. The average molecular weight is 271 g/mol. The highest BCUT2D eigenvalue weighted by Gasteiger charge is 2.14. The molecule has 0 amide bonds. The van der Waals surface area contributed by atoms with Gasteiger partial charge in [-0.05, 0) is 81.3 Å². The Morgan fingerprint density at radius 3 is 0.947 bits per heavy atom. The first-order chi connectivity index (χ1) is 8.77. The van der Waals surface area contributed by atoms with Crippen LogP contribution in [0.2, 0.25) is 0 Å². The van der Waals surface area contributed by atoms with Crippen LogP contribution in [0, 0.1) is 0 Å². The molecule has 0 saturated heterocycles. The van der Waals surface area contributed by atoms with E-state index in [1.165, 1.54) is 32.4 Å². The van der Waals surface area contributed by atoms with Crippen LogP contribution in [-0.2, 0) is 0 Å². The molecule has 0 aromatic carbocycles. The van der Waals surface area contributed by atoms with Crippen molar-refractivity contribution in [3.05, 3.63) is 0 Å². The van der Waals surface area contributed by atoms with Crippen LogP contribution in [-0.4, -0.2) is 47.1 Å². The van der Waals surface area contributed by atoms with Crippen molar-refractivity contribution in [1.82, 2.24) is 9.80 Å². The highest BCUT2D eigenvalue weighted by atomic mass is 15.2. The Labute approximate surface area is 122 Å². The molecule has 0 aromatic heterocycles. The van der Waals surface area contributed by atoms with E-state index in [0.29, 0.717) is 24.2 Å². The summed E-state index contributed by atoms with van der Waals surface area (Å²) >= 11 is 0. The van der Waals surface area contributed by atoms with Gasteiger partial charge in [-0.15, -0.1) is 0 Å². The fourth-order valence-electron chi connectivity index (χ4n) is 2.99. The Balaban J connectivity index is 3.85. The zero-order chi connectivity index (χ0) is 15.0. The summed E-state index contributed by atoms with van der Waals surface area (Å²) in [5.74, 6) is 0. The molecule has 0 N–H and O–H groups in total. The molecule has 0 spiro atoms. The summed E-state index contributed by atoms with van der Waals surface area (Å²) < 4.78 is 0. The zero-order valence-electron chi connectivity index (χ0n) is 14.7. The first-order valence-electron chi connectivity index (χ1n) is 8.28. The number of unbranched alkanes of at least 4 members (excludes halogenated alkanes) is 2. The van der Waals surface area contributed by atoms with E-state index in [-0.39, 0.29) is 0 Å². The molecule has 0 fully saturated rings. The van der Waals surface area contributed by atoms with E-state index < -0.39 is 0 Å². The maximum atomic E-state index is 2.60. The molecule has 2 nitrogen and oxygen atoms in total. The lowest BCUT2D eigenvalue weighted by Gasteiger charge is -2.31. The fourth-order valence-corrected chi connectivity index (χ4v) is 2.99. The van der Waals surface area contributed by atoms with Gasteiger partial charge in [0.25, 0.3) is 0 Å². The second-order valence-electron chi connectivity index (χ2n) is 6.91. The first kappa shape index (κ1) is 18.9. The van der Waals surface area contributed by atoms with Crippen molar-refractivity contribution in [3.63, 3.8) is 0 Å². The summed E-state index contributed by atoms with van der Waals surface area (Å²) in [6.45, 7) is 20.9. The van der Waals surface area contributed by atoms with Gasteiger partial charge < -0.3 is 0 Å². The molecular weight excluding hydrogens is 232 g/mol. The van der Waals surface area contributed by atoms with E-state index in [4.69, 9.17) is 0 Å². The van der Waals surface area contributed by atoms with Gasteiger partial charge in [-0.1, -0.05) is 6.42 Å². The van der Waals surface area contributed by atoms with Crippen LogP contribution >= 0.6 is 0 Å². The minimum Gasteiger partial charge on any atom is -0.299 e. The average Bonchev–Trinajstić information content (AvgIpc) is 2.25.